The molecule has 3 heterocycles. The van der Waals surface area contributed by atoms with Crippen molar-refractivity contribution in [1.82, 2.24) is 19.9 Å². The van der Waals surface area contributed by atoms with Crippen LogP contribution in [0.5, 0.6) is 0 Å². The summed E-state index contributed by atoms with van der Waals surface area (Å²) in [5.74, 6) is 0.673. The van der Waals surface area contributed by atoms with E-state index in [1.807, 2.05) is 24.1 Å². The summed E-state index contributed by atoms with van der Waals surface area (Å²) in [7, 11) is 1.90. The molecule has 1 aliphatic heterocycles. The molecule has 2 unspecified atom stereocenters. The summed E-state index contributed by atoms with van der Waals surface area (Å²) in [6, 6.07) is 11.7. The van der Waals surface area contributed by atoms with Gasteiger partial charge in [-0.15, -0.1) is 0 Å². The zero-order valence-corrected chi connectivity index (χ0v) is 19.7. The number of likely N-dealkylation sites (tertiary alicyclic amines) is 1. The second-order valence-electron chi connectivity index (χ2n) is 8.93. The van der Waals surface area contributed by atoms with Crippen molar-refractivity contribution in [3.63, 3.8) is 0 Å². The zero-order valence-electron chi connectivity index (χ0n) is 19.7. The average molecular weight is 464 g/mol. The third-order valence-corrected chi connectivity index (χ3v) is 6.15. The van der Waals surface area contributed by atoms with E-state index in [-0.39, 0.29) is 11.7 Å². The van der Waals surface area contributed by atoms with Crippen LogP contribution in [0.2, 0.25) is 0 Å². The van der Waals surface area contributed by atoms with Gasteiger partial charge in [0.2, 0.25) is 0 Å². The van der Waals surface area contributed by atoms with Crippen LogP contribution in [0.3, 0.4) is 0 Å². The number of anilines is 2. The van der Waals surface area contributed by atoms with E-state index >= 15 is 0 Å². The number of hydrogen-bond donors (Lipinski definition) is 1. The van der Waals surface area contributed by atoms with E-state index in [0.29, 0.717) is 42.5 Å². The summed E-state index contributed by atoms with van der Waals surface area (Å²) in [4.78, 5) is 15.4. The third kappa shape index (κ3) is 6.44. The Morgan fingerprint density at radius 3 is 2.56 bits per heavy atom. The van der Waals surface area contributed by atoms with Crippen LogP contribution in [0.1, 0.15) is 44.3 Å². The highest BCUT2D eigenvalue weighted by atomic mass is 19.1. The lowest BCUT2D eigenvalue weighted by molar-refractivity contribution is 0.143. The van der Waals surface area contributed by atoms with Crippen molar-refractivity contribution < 1.29 is 8.78 Å². The van der Waals surface area contributed by atoms with Crippen molar-refractivity contribution in [2.45, 2.75) is 44.7 Å². The molecule has 1 saturated heterocycles. The summed E-state index contributed by atoms with van der Waals surface area (Å²) in [6.07, 6.45) is 9.30. The minimum absolute atomic E-state index is 0.113. The first-order valence-electron chi connectivity index (χ1n) is 11.8. The fourth-order valence-electron chi connectivity index (χ4n) is 4.19. The summed E-state index contributed by atoms with van der Waals surface area (Å²) < 4.78 is 27.7. The summed E-state index contributed by atoms with van der Waals surface area (Å²) in [5.41, 5.74) is 3.77. The minimum Gasteiger partial charge on any atom is -0.340 e. The van der Waals surface area contributed by atoms with E-state index in [1.54, 1.807) is 36.2 Å². The molecule has 3 aromatic rings. The standard InChI is InChI=1S/C21H21F2N5.C6H10/c1-28-12-15(8-17(23)13-28)21-26-19(14-4-3-7-24-11-14)10-20(27-21)25-18-6-2-5-16(22)9-18;1-2-6-4-3-5-6/h2-7,9-11,15,17H,8,12-13H2,1H3,(H,25,26,27);2H,3-5H2,1H3. The lowest BCUT2D eigenvalue weighted by atomic mass is 9.93. The Morgan fingerprint density at radius 1 is 1.09 bits per heavy atom. The van der Waals surface area contributed by atoms with Crippen molar-refractivity contribution in [2.75, 3.05) is 25.5 Å². The van der Waals surface area contributed by atoms with E-state index < -0.39 is 6.17 Å². The van der Waals surface area contributed by atoms with E-state index in [0.717, 1.165) is 5.56 Å². The summed E-state index contributed by atoms with van der Waals surface area (Å²) in [5, 5.41) is 3.14. The van der Waals surface area contributed by atoms with Gasteiger partial charge in [-0.2, -0.15) is 0 Å². The predicted molar refractivity (Wildman–Crippen MR) is 132 cm³/mol. The fourth-order valence-corrected chi connectivity index (χ4v) is 4.19. The highest BCUT2D eigenvalue weighted by Gasteiger charge is 2.28. The molecule has 2 aromatic heterocycles. The van der Waals surface area contributed by atoms with Crippen LogP contribution in [0.4, 0.5) is 20.3 Å². The maximum atomic E-state index is 14.1. The maximum Gasteiger partial charge on any atom is 0.135 e. The van der Waals surface area contributed by atoms with Gasteiger partial charge in [-0.3, -0.25) is 4.98 Å². The quantitative estimate of drug-likeness (QED) is 0.461. The fraction of sp³-hybridized carbons (Fsp3) is 0.370. The molecule has 34 heavy (non-hydrogen) atoms. The smallest absolute Gasteiger partial charge is 0.135 e. The van der Waals surface area contributed by atoms with E-state index in [9.17, 15) is 8.78 Å². The molecule has 5 rings (SSSR count). The van der Waals surface area contributed by atoms with Crippen molar-refractivity contribution in [3.05, 3.63) is 78.1 Å². The molecule has 1 aliphatic carbocycles. The molecule has 1 N–H and O–H groups in total. The topological polar surface area (TPSA) is 53.9 Å². The van der Waals surface area contributed by atoms with Crippen LogP contribution in [0.25, 0.3) is 11.3 Å². The summed E-state index contributed by atoms with van der Waals surface area (Å²) in [6.45, 7) is 3.23. The van der Waals surface area contributed by atoms with E-state index in [2.05, 4.69) is 28.3 Å². The molecule has 2 atom stereocenters. The lowest BCUT2D eigenvalue weighted by Gasteiger charge is -2.31. The maximum absolute atomic E-state index is 14.1. The van der Waals surface area contributed by atoms with Gasteiger partial charge in [0, 0.05) is 48.7 Å². The van der Waals surface area contributed by atoms with Gasteiger partial charge >= 0.3 is 0 Å². The number of halogens is 2. The third-order valence-electron chi connectivity index (χ3n) is 6.15. The van der Waals surface area contributed by atoms with Crippen LogP contribution in [-0.4, -0.2) is 46.2 Å². The molecular formula is C27H31F2N5. The molecule has 0 radical (unpaired) electrons. The van der Waals surface area contributed by atoms with Gasteiger partial charge in [0.05, 0.1) is 5.69 Å². The number of rotatable bonds is 4. The van der Waals surface area contributed by atoms with Crippen molar-refractivity contribution in [2.24, 2.45) is 0 Å². The number of allylic oxidation sites excluding steroid dienone is 2. The van der Waals surface area contributed by atoms with Crippen LogP contribution < -0.4 is 5.32 Å². The SMILES string of the molecule is CC=C1CCC1.CN1CC(F)CC(c2nc(Nc3cccc(F)c3)cc(-c3cccnc3)n2)C1. The molecule has 7 heteroatoms. The summed E-state index contributed by atoms with van der Waals surface area (Å²) >= 11 is 0. The van der Waals surface area contributed by atoms with E-state index in [4.69, 9.17) is 4.98 Å². The van der Waals surface area contributed by atoms with Crippen molar-refractivity contribution in [3.8, 4) is 11.3 Å². The Morgan fingerprint density at radius 2 is 1.94 bits per heavy atom. The van der Waals surface area contributed by atoms with Gasteiger partial charge in [0.15, 0.2) is 0 Å². The number of alkyl halides is 1. The second-order valence-corrected chi connectivity index (χ2v) is 8.93. The van der Waals surface area contributed by atoms with Crippen molar-refractivity contribution in [1.29, 1.82) is 0 Å². The largest absolute Gasteiger partial charge is 0.340 e. The monoisotopic (exact) mass is 463 g/mol. The number of hydrogen-bond acceptors (Lipinski definition) is 5. The molecule has 0 amide bonds. The number of nitrogens with zero attached hydrogens (tertiary/aromatic N) is 4. The highest BCUT2D eigenvalue weighted by Crippen LogP contribution is 2.30. The average Bonchev–Trinajstić information content (AvgIpc) is 2.79. The van der Waals surface area contributed by atoms with Gasteiger partial charge in [-0.05, 0) is 70.0 Å². The van der Waals surface area contributed by atoms with Gasteiger partial charge in [-0.25, -0.2) is 18.7 Å². The molecule has 0 spiro atoms. The predicted octanol–water partition coefficient (Wildman–Crippen LogP) is 6.30. The number of aromatic nitrogens is 3. The molecule has 0 bridgehead atoms. The van der Waals surface area contributed by atoms with Gasteiger partial charge < -0.3 is 10.2 Å². The van der Waals surface area contributed by atoms with Crippen molar-refractivity contribution >= 4 is 11.5 Å². The number of likely N-dealkylation sites (N-methyl/N-ethyl adjacent to an activating group) is 1. The van der Waals surface area contributed by atoms with Crippen LogP contribution in [0.15, 0.2) is 66.5 Å². The normalized spacial score (nSPS) is 20.1. The van der Waals surface area contributed by atoms with Crippen LogP contribution in [0, 0.1) is 5.82 Å². The van der Waals surface area contributed by atoms with Crippen LogP contribution in [-0.2, 0) is 0 Å². The van der Waals surface area contributed by atoms with Gasteiger partial charge in [0.25, 0.3) is 0 Å². The molecule has 178 valence electrons. The first kappa shape index (κ1) is 24.0. The molecular weight excluding hydrogens is 432 g/mol. The molecule has 2 fully saturated rings. The van der Waals surface area contributed by atoms with E-state index in [1.165, 1.54) is 31.4 Å². The number of benzene rings is 1. The van der Waals surface area contributed by atoms with Gasteiger partial charge in [0.1, 0.15) is 23.6 Å². The zero-order chi connectivity index (χ0) is 23.9. The molecule has 2 aliphatic rings. The highest BCUT2D eigenvalue weighted by molar-refractivity contribution is 5.65. The first-order chi connectivity index (χ1) is 16.5. The Hall–Kier alpha value is -3.19. The Labute approximate surface area is 200 Å². The van der Waals surface area contributed by atoms with Crippen LogP contribution >= 0.6 is 0 Å². The van der Waals surface area contributed by atoms with Gasteiger partial charge in [-0.1, -0.05) is 17.7 Å². The minimum atomic E-state index is -0.908. The Bertz CT molecular complexity index is 1100. The Kier molecular flexibility index (Phi) is 7.95. The number of nitrogens with one attached hydrogen (secondary N) is 1. The Balaban J connectivity index is 0.000000398. The molecule has 1 aromatic carbocycles. The number of pyridine rings is 1. The number of piperidine rings is 1. The second kappa shape index (κ2) is 11.3. The molecule has 5 nitrogen and oxygen atoms in total. The first-order valence-corrected chi connectivity index (χ1v) is 11.8. The lowest BCUT2D eigenvalue weighted by Crippen LogP contribution is -2.38. The molecule has 1 saturated carbocycles.